The number of carbonyl (C=O) groups is 2. The van der Waals surface area contributed by atoms with Crippen LogP contribution in [0.25, 0.3) is 6.08 Å². The Hall–Kier alpha value is -1.65. The summed E-state index contributed by atoms with van der Waals surface area (Å²) >= 11 is 1.48. The molecule has 2 fully saturated rings. The van der Waals surface area contributed by atoms with Gasteiger partial charge in [-0.2, -0.15) is 0 Å². The van der Waals surface area contributed by atoms with E-state index < -0.39 is 35.6 Å². The van der Waals surface area contributed by atoms with Gasteiger partial charge in [-0.25, -0.2) is 4.98 Å². The zero-order valence-electron chi connectivity index (χ0n) is 22.3. The van der Waals surface area contributed by atoms with Crippen LogP contribution in [0.15, 0.2) is 11.0 Å². The summed E-state index contributed by atoms with van der Waals surface area (Å²) in [6, 6.07) is 0. The van der Waals surface area contributed by atoms with Gasteiger partial charge in [-0.3, -0.25) is 9.59 Å². The molecule has 36 heavy (non-hydrogen) atoms. The minimum absolute atomic E-state index is 0.0660. The lowest BCUT2D eigenvalue weighted by atomic mass is 9.73. The highest BCUT2D eigenvalue weighted by atomic mass is 32.1. The Bertz CT molecular complexity index is 975. The first kappa shape index (κ1) is 28.9. The molecular formula is C27H42N2O6S. The number of ketones is 1. The largest absolute Gasteiger partial charge is 0.458 e. The van der Waals surface area contributed by atoms with E-state index in [0.29, 0.717) is 13.0 Å². The number of esters is 1. The number of hydrogen-bond acceptors (Lipinski definition) is 9. The van der Waals surface area contributed by atoms with Crippen molar-refractivity contribution in [2.45, 2.75) is 110 Å². The summed E-state index contributed by atoms with van der Waals surface area (Å²) in [5.41, 5.74) is 5.74. The Kier molecular flexibility index (Phi) is 9.15. The van der Waals surface area contributed by atoms with E-state index in [4.69, 9.17) is 15.2 Å². The number of rotatable bonds is 3. The minimum Gasteiger partial charge on any atom is -0.458 e. The van der Waals surface area contributed by atoms with Crippen molar-refractivity contribution in [3.63, 3.8) is 0 Å². The number of hydrogen-bond donors (Lipinski definition) is 3. The fourth-order valence-electron chi connectivity index (χ4n) is 5.11. The third-order valence-electron chi connectivity index (χ3n) is 8.03. The molecule has 202 valence electrons. The molecule has 4 N–H and O–H groups in total. The molecule has 0 radical (unpaired) electrons. The van der Waals surface area contributed by atoms with Gasteiger partial charge in [-0.15, -0.1) is 11.3 Å². The quantitative estimate of drug-likeness (QED) is 0.405. The molecular weight excluding hydrogens is 480 g/mol. The predicted octanol–water partition coefficient (Wildman–Crippen LogP) is 3.63. The van der Waals surface area contributed by atoms with Crippen molar-refractivity contribution < 1.29 is 29.3 Å². The van der Waals surface area contributed by atoms with Crippen LogP contribution in [0.4, 0.5) is 0 Å². The number of fused-ring (bicyclic) bond motifs is 1. The second-order valence-electron chi connectivity index (χ2n) is 11.3. The number of nitrogens with two attached hydrogens (primary N) is 1. The molecule has 0 amide bonds. The molecule has 2 saturated heterocycles. The van der Waals surface area contributed by atoms with Crippen molar-refractivity contribution in [1.82, 2.24) is 4.98 Å². The third kappa shape index (κ3) is 6.61. The average molecular weight is 523 g/mol. The van der Waals surface area contributed by atoms with Gasteiger partial charge in [0.2, 0.25) is 0 Å². The van der Waals surface area contributed by atoms with Crippen LogP contribution in [0.3, 0.4) is 0 Å². The summed E-state index contributed by atoms with van der Waals surface area (Å²) in [6.07, 6.45) is 1.80. The summed E-state index contributed by atoms with van der Waals surface area (Å²) in [5.74, 6) is -1.59. The zero-order valence-corrected chi connectivity index (χ0v) is 23.1. The monoisotopic (exact) mass is 522 g/mol. The van der Waals surface area contributed by atoms with E-state index in [1.807, 2.05) is 25.3 Å². The molecule has 0 aliphatic carbocycles. The number of aliphatic hydroxyl groups excluding tert-OH is 2. The molecule has 0 unspecified atom stereocenters. The van der Waals surface area contributed by atoms with Crippen LogP contribution in [0.1, 0.15) is 84.3 Å². The van der Waals surface area contributed by atoms with Crippen LogP contribution in [0, 0.1) is 17.3 Å². The molecule has 0 bridgehead atoms. The lowest BCUT2D eigenvalue weighted by Gasteiger charge is -2.34. The van der Waals surface area contributed by atoms with Crippen LogP contribution in [0.2, 0.25) is 0 Å². The molecule has 3 rings (SSSR count). The van der Waals surface area contributed by atoms with Crippen molar-refractivity contribution in [3.8, 4) is 0 Å². The standard InChI is InChI=1S/C27H42N2O6S/c1-15-8-7-9-27(6)21(35-27)11-19(16(2)10-18-14-36-22(13-28)29-18)34-23(31)12-20(30)26(4,5)25(33)17(3)24(15)32/h10,14-15,17,19-21,24,30,32H,7-9,11-13,28H2,1-6H3/t15-,17-,19-,20-,21-,24-,27+/m0/s1. The Morgan fingerprint density at radius 3 is 2.61 bits per heavy atom. The molecule has 2 aliphatic rings. The van der Waals surface area contributed by atoms with Gasteiger partial charge in [0.05, 0.1) is 41.4 Å². The zero-order chi connectivity index (χ0) is 26.8. The van der Waals surface area contributed by atoms with Crippen molar-refractivity contribution in [2.24, 2.45) is 23.0 Å². The number of carbonyl (C=O) groups excluding carboxylic acids is 2. The molecule has 7 atom stereocenters. The van der Waals surface area contributed by atoms with Crippen molar-refractivity contribution in [2.75, 3.05) is 0 Å². The van der Waals surface area contributed by atoms with Crippen LogP contribution in [-0.2, 0) is 25.6 Å². The maximum atomic E-state index is 13.2. The first-order valence-electron chi connectivity index (χ1n) is 12.9. The highest BCUT2D eigenvalue weighted by Gasteiger charge is 2.53. The van der Waals surface area contributed by atoms with Gasteiger partial charge < -0.3 is 25.4 Å². The van der Waals surface area contributed by atoms with E-state index in [1.54, 1.807) is 20.8 Å². The van der Waals surface area contributed by atoms with Gasteiger partial charge in [-0.1, -0.05) is 34.1 Å². The second-order valence-corrected chi connectivity index (χ2v) is 12.3. The van der Waals surface area contributed by atoms with Gasteiger partial charge >= 0.3 is 5.97 Å². The fourth-order valence-corrected chi connectivity index (χ4v) is 5.74. The molecule has 0 saturated carbocycles. The fraction of sp³-hybridized carbons (Fsp3) is 0.741. The Balaban J connectivity index is 1.85. The van der Waals surface area contributed by atoms with Crippen LogP contribution >= 0.6 is 11.3 Å². The lowest BCUT2D eigenvalue weighted by Crippen LogP contribution is -2.45. The molecule has 1 aromatic rings. The van der Waals surface area contributed by atoms with Crippen LogP contribution in [-0.4, -0.2) is 57.0 Å². The molecule has 0 aromatic carbocycles. The van der Waals surface area contributed by atoms with E-state index in [0.717, 1.165) is 35.5 Å². The summed E-state index contributed by atoms with van der Waals surface area (Å²) in [4.78, 5) is 30.7. The highest BCUT2D eigenvalue weighted by Crippen LogP contribution is 2.45. The molecule has 2 aliphatic heterocycles. The minimum atomic E-state index is -1.24. The Morgan fingerprint density at radius 2 is 1.97 bits per heavy atom. The van der Waals surface area contributed by atoms with Gasteiger partial charge in [-0.05, 0) is 44.3 Å². The van der Waals surface area contributed by atoms with Gasteiger partial charge in [0.1, 0.15) is 16.9 Å². The van der Waals surface area contributed by atoms with Crippen molar-refractivity contribution in [3.05, 3.63) is 21.7 Å². The summed E-state index contributed by atoms with van der Waals surface area (Å²) in [7, 11) is 0. The number of ether oxygens (including phenoxy) is 2. The molecule has 8 nitrogen and oxygen atoms in total. The van der Waals surface area contributed by atoms with E-state index in [9.17, 15) is 19.8 Å². The van der Waals surface area contributed by atoms with E-state index in [1.165, 1.54) is 11.3 Å². The maximum absolute atomic E-state index is 13.2. The number of aliphatic hydroxyl groups is 2. The van der Waals surface area contributed by atoms with Gasteiger partial charge in [0.15, 0.2) is 0 Å². The van der Waals surface area contributed by atoms with Gasteiger partial charge in [0, 0.05) is 24.3 Å². The number of cyclic esters (lactones) is 1. The molecule has 3 heterocycles. The summed E-state index contributed by atoms with van der Waals surface area (Å²) in [5, 5.41) is 24.5. The van der Waals surface area contributed by atoms with E-state index in [2.05, 4.69) is 11.9 Å². The number of nitrogens with zero attached hydrogens (tertiary/aromatic N) is 1. The van der Waals surface area contributed by atoms with Crippen molar-refractivity contribution in [1.29, 1.82) is 0 Å². The number of aromatic nitrogens is 1. The third-order valence-corrected chi connectivity index (χ3v) is 8.92. The first-order chi connectivity index (χ1) is 16.8. The van der Waals surface area contributed by atoms with Crippen LogP contribution in [0.5, 0.6) is 0 Å². The SMILES string of the molecule is CC(=Cc1csc(CN)n1)[C@@H]1C[C@@H]2O[C@]2(C)CCC[C@H](C)[C@H](O)[C@H](C)C(=O)C(C)(C)[C@@H](O)CC(=O)O1. The van der Waals surface area contributed by atoms with E-state index in [-0.39, 0.29) is 29.8 Å². The normalized spacial score (nSPS) is 36.8. The predicted molar refractivity (Wildman–Crippen MR) is 139 cm³/mol. The Labute approximate surface area is 218 Å². The lowest BCUT2D eigenvalue weighted by molar-refractivity contribution is -0.154. The molecule has 0 spiro atoms. The molecule has 1 aromatic heterocycles. The van der Waals surface area contributed by atoms with Crippen molar-refractivity contribution >= 4 is 29.2 Å². The van der Waals surface area contributed by atoms with Crippen LogP contribution < -0.4 is 5.73 Å². The Morgan fingerprint density at radius 1 is 1.28 bits per heavy atom. The highest BCUT2D eigenvalue weighted by molar-refractivity contribution is 7.09. The smallest absolute Gasteiger partial charge is 0.309 e. The van der Waals surface area contributed by atoms with E-state index >= 15 is 0 Å². The second kappa shape index (κ2) is 11.4. The number of Topliss-reactive ketones (excluding diaryl/α,β-unsaturated/α-hetero) is 1. The van der Waals surface area contributed by atoms with Gasteiger partial charge in [0.25, 0.3) is 0 Å². The number of epoxide rings is 1. The molecule has 9 heteroatoms. The topological polar surface area (TPSA) is 135 Å². The first-order valence-corrected chi connectivity index (χ1v) is 13.8. The number of thiazole rings is 1. The summed E-state index contributed by atoms with van der Waals surface area (Å²) < 4.78 is 11.9. The average Bonchev–Trinajstić information content (AvgIpc) is 3.23. The maximum Gasteiger partial charge on any atom is 0.309 e. The summed E-state index contributed by atoms with van der Waals surface area (Å²) in [6.45, 7) is 11.2.